The third-order valence-electron chi connectivity index (χ3n) is 3.61. The summed E-state index contributed by atoms with van der Waals surface area (Å²) in [7, 11) is 0. The first kappa shape index (κ1) is 11.2. The normalized spacial score (nSPS) is 19.6. The molecule has 1 aliphatic heterocycles. The molecule has 90 valence electrons. The first-order valence-electron chi connectivity index (χ1n) is 5.91. The van der Waals surface area contributed by atoms with Gasteiger partial charge in [-0.15, -0.1) is 10.2 Å². The standard InChI is InChI=1S/C12H15BrN4/c1-12(4-6-14-7-5-12)11-16-15-10-3-2-9(13)8-17(10)11/h2-3,8,14H,4-7H2,1H3. The van der Waals surface area contributed by atoms with E-state index in [-0.39, 0.29) is 5.41 Å². The summed E-state index contributed by atoms with van der Waals surface area (Å²) in [6.45, 7) is 4.39. The van der Waals surface area contributed by atoms with Crippen LogP contribution in [0.15, 0.2) is 22.8 Å². The lowest BCUT2D eigenvalue weighted by Gasteiger charge is -2.32. The Morgan fingerprint density at radius 1 is 1.29 bits per heavy atom. The molecule has 0 aromatic carbocycles. The van der Waals surface area contributed by atoms with Gasteiger partial charge in [0.05, 0.1) is 0 Å². The van der Waals surface area contributed by atoms with Gasteiger partial charge in [-0.3, -0.25) is 4.40 Å². The van der Waals surface area contributed by atoms with Crippen LogP contribution >= 0.6 is 15.9 Å². The molecule has 0 spiro atoms. The highest BCUT2D eigenvalue weighted by Gasteiger charge is 2.33. The van der Waals surface area contributed by atoms with E-state index in [2.05, 4.69) is 49.0 Å². The van der Waals surface area contributed by atoms with Gasteiger partial charge in [-0.25, -0.2) is 0 Å². The van der Waals surface area contributed by atoms with Gasteiger partial charge in [-0.2, -0.15) is 0 Å². The van der Waals surface area contributed by atoms with Crippen molar-refractivity contribution in [3.8, 4) is 0 Å². The van der Waals surface area contributed by atoms with Gasteiger partial charge >= 0.3 is 0 Å². The molecule has 0 unspecified atom stereocenters. The summed E-state index contributed by atoms with van der Waals surface area (Å²) in [6, 6.07) is 3.99. The minimum Gasteiger partial charge on any atom is -0.317 e. The Hall–Kier alpha value is -0.940. The maximum atomic E-state index is 4.40. The molecule has 2 aromatic rings. The molecule has 1 N–H and O–H groups in total. The number of nitrogens with one attached hydrogen (secondary N) is 1. The highest BCUT2D eigenvalue weighted by Crippen LogP contribution is 2.32. The molecule has 0 saturated carbocycles. The lowest BCUT2D eigenvalue weighted by atomic mass is 9.80. The van der Waals surface area contributed by atoms with Crippen molar-refractivity contribution in [2.24, 2.45) is 0 Å². The van der Waals surface area contributed by atoms with Gasteiger partial charge in [-0.05, 0) is 54.0 Å². The molecule has 0 aliphatic carbocycles. The summed E-state index contributed by atoms with van der Waals surface area (Å²) in [6.07, 6.45) is 4.28. The Morgan fingerprint density at radius 2 is 2.06 bits per heavy atom. The van der Waals surface area contributed by atoms with Crippen molar-refractivity contribution in [1.82, 2.24) is 19.9 Å². The number of aromatic nitrogens is 3. The summed E-state index contributed by atoms with van der Waals surface area (Å²) in [5.74, 6) is 1.08. The van der Waals surface area contributed by atoms with Crippen LogP contribution in [0.1, 0.15) is 25.6 Å². The maximum Gasteiger partial charge on any atom is 0.160 e. The van der Waals surface area contributed by atoms with Crippen molar-refractivity contribution in [2.75, 3.05) is 13.1 Å². The number of pyridine rings is 1. The average Bonchev–Trinajstić information content (AvgIpc) is 2.73. The van der Waals surface area contributed by atoms with Gasteiger partial charge in [0.1, 0.15) is 5.82 Å². The smallest absolute Gasteiger partial charge is 0.160 e. The second-order valence-corrected chi connectivity index (χ2v) is 5.83. The molecule has 3 rings (SSSR count). The van der Waals surface area contributed by atoms with E-state index in [1.54, 1.807) is 0 Å². The fraction of sp³-hybridized carbons (Fsp3) is 0.500. The predicted molar refractivity (Wildman–Crippen MR) is 70.1 cm³/mol. The second-order valence-electron chi connectivity index (χ2n) is 4.91. The first-order chi connectivity index (χ1) is 8.19. The minimum absolute atomic E-state index is 0.130. The van der Waals surface area contributed by atoms with E-state index in [1.165, 1.54) is 0 Å². The topological polar surface area (TPSA) is 42.2 Å². The summed E-state index contributed by atoms with van der Waals surface area (Å²) in [5.41, 5.74) is 1.05. The molecule has 1 aliphatic rings. The van der Waals surface area contributed by atoms with E-state index in [0.717, 1.165) is 41.9 Å². The van der Waals surface area contributed by atoms with E-state index >= 15 is 0 Å². The molecule has 1 fully saturated rings. The lowest BCUT2D eigenvalue weighted by molar-refractivity contribution is 0.316. The monoisotopic (exact) mass is 294 g/mol. The lowest BCUT2D eigenvalue weighted by Crippen LogP contribution is -2.39. The molecule has 2 aromatic heterocycles. The van der Waals surface area contributed by atoms with Gasteiger partial charge in [0.25, 0.3) is 0 Å². The highest BCUT2D eigenvalue weighted by molar-refractivity contribution is 9.10. The number of nitrogens with zero attached hydrogens (tertiary/aromatic N) is 3. The van der Waals surface area contributed by atoms with E-state index in [1.807, 2.05) is 12.1 Å². The molecule has 17 heavy (non-hydrogen) atoms. The van der Waals surface area contributed by atoms with Gasteiger partial charge < -0.3 is 5.32 Å². The van der Waals surface area contributed by atoms with Crippen molar-refractivity contribution < 1.29 is 0 Å². The summed E-state index contributed by atoms with van der Waals surface area (Å²) in [5, 5.41) is 12.0. The zero-order valence-corrected chi connectivity index (χ0v) is 11.4. The largest absolute Gasteiger partial charge is 0.317 e. The molecule has 5 heteroatoms. The molecular formula is C12H15BrN4. The van der Waals surface area contributed by atoms with Gasteiger partial charge in [0.2, 0.25) is 0 Å². The summed E-state index contributed by atoms with van der Waals surface area (Å²) < 4.78 is 3.17. The van der Waals surface area contributed by atoms with Gasteiger partial charge in [-0.1, -0.05) is 6.92 Å². The Kier molecular flexibility index (Phi) is 2.67. The molecule has 3 heterocycles. The van der Waals surface area contributed by atoms with Crippen LogP contribution in [0.4, 0.5) is 0 Å². The van der Waals surface area contributed by atoms with Gasteiger partial charge in [0, 0.05) is 16.1 Å². The fourth-order valence-corrected chi connectivity index (χ4v) is 2.82. The van der Waals surface area contributed by atoms with E-state index in [0.29, 0.717) is 0 Å². The molecule has 0 atom stereocenters. The van der Waals surface area contributed by atoms with Crippen LogP contribution in [-0.2, 0) is 5.41 Å². The van der Waals surface area contributed by atoms with E-state index in [4.69, 9.17) is 0 Å². The van der Waals surface area contributed by atoms with Gasteiger partial charge in [0.15, 0.2) is 5.65 Å². The number of rotatable bonds is 1. The first-order valence-corrected chi connectivity index (χ1v) is 6.70. The van der Waals surface area contributed by atoms with Crippen molar-refractivity contribution in [3.05, 3.63) is 28.6 Å². The SMILES string of the molecule is CC1(c2nnc3ccc(Br)cn23)CCNCC1. The van der Waals surface area contributed by atoms with Crippen LogP contribution in [0.5, 0.6) is 0 Å². The number of halogens is 1. The van der Waals surface area contributed by atoms with Crippen molar-refractivity contribution in [2.45, 2.75) is 25.2 Å². The molecule has 0 amide bonds. The Morgan fingerprint density at radius 3 is 2.82 bits per heavy atom. The number of hydrogen-bond donors (Lipinski definition) is 1. The van der Waals surface area contributed by atoms with Crippen LogP contribution in [0.25, 0.3) is 5.65 Å². The summed E-state index contributed by atoms with van der Waals surface area (Å²) in [4.78, 5) is 0. The van der Waals surface area contributed by atoms with Crippen molar-refractivity contribution in [3.63, 3.8) is 0 Å². The van der Waals surface area contributed by atoms with Crippen molar-refractivity contribution in [1.29, 1.82) is 0 Å². The van der Waals surface area contributed by atoms with Crippen LogP contribution in [0.2, 0.25) is 0 Å². The Labute approximate surface area is 109 Å². The molecule has 0 radical (unpaired) electrons. The molecule has 1 saturated heterocycles. The minimum atomic E-state index is 0.130. The quantitative estimate of drug-likeness (QED) is 0.876. The third kappa shape index (κ3) is 1.87. The zero-order chi connectivity index (χ0) is 11.9. The van der Waals surface area contributed by atoms with E-state index < -0.39 is 0 Å². The molecular weight excluding hydrogens is 280 g/mol. The Balaban J connectivity index is 2.13. The van der Waals surface area contributed by atoms with Crippen molar-refractivity contribution >= 4 is 21.6 Å². The Bertz CT molecular complexity index is 542. The fourth-order valence-electron chi connectivity index (χ4n) is 2.48. The predicted octanol–water partition coefficient (Wildman–Crippen LogP) is 2.13. The number of hydrogen-bond acceptors (Lipinski definition) is 3. The van der Waals surface area contributed by atoms with Crippen LogP contribution in [-0.4, -0.2) is 27.7 Å². The van der Waals surface area contributed by atoms with Crippen LogP contribution < -0.4 is 5.32 Å². The zero-order valence-electron chi connectivity index (χ0n) is 9.78. The third-order valence-corrected chi connectivity index (χ3v) is 4.08. The average molecular weight is 295 g/mol. The van der Waals surface area contributed by atoms with Crippen LogP contribution in [0, 0.1) is 0 Å². The summed E-state index contributed by atoms with van der Waals surface area (Å²) >= 11 is 3.50. The number of piperidine rings is 1. The maximum absolute atomic E-state index is 4.40. The highest BCUT2D eigenvalue weighted by atomic mass is 79.9. The van der Waals surface area contributed by atoms with Crippen LogP contribution in [0.3, 0.4) is 0 Å². The van der Waals surface area contributed by atoms with E-state index in [9.17, 15) is 0 Å². The molecule has 4 nitrogen and oxygen atoms in total. The number of fused-ring (bicyclic) bond motifs is 1. The molecule has 0 bridgehead atoms. The second kappa shape index (κ2) is 4.07.